The fourth-order valence-corrected chi connectivity index (χ4v) is 3.53. The number of carbonyl (C=O) groups is 1. The van der Waals surface area contributed by atoms with Crippen molar-refractivity contribution in [2.75, 3.05) is 6.61 Å². The first kappa shape index (κ1) is 27.2. The summed E-state index contributed by atoms with van der Waals surface area (Å²) in [6.45, 7) is 2.85. The minimum Gasteiger partial charge on any atom is -0.494 e. The van der Waals surface area contributed by atoms with Crippen LogP contribution in [0.4, 0.5) is 13.2 Å². The van der Waals surface area contributed by atoms with Crippen LogP contribution in [0.1, 0.15) is 75.0 Å². The smallest absolute Gasteiger partial charge is 0.416 e. The lowest BCUT2D eigenvalue weighted by Gasteiger charge is -2.10. The number of hydrogen-bond donors (Lipinski definition) is 1. The minimum atomic E-state index is -4.48. The number of carboxylic acid groups (broad SMARTS) is 1. The van der Waals surface area contributed by atoms with Crippen LogP contribution in [-0.2, 0) is 11.0 Å². The molecule has 0 aromatic heterocycles. The molecule has 0 bridgehead atoms. The number of carboxylic acids is 1. The van der Waals surface area contributed by atoms with Gasteiger partial charge >= 0.3 is 12.1 Å². The highest BCUT2D eigenvalue weighted by atomic mass is 19.4. The quantitative estimate of drug-likeness (QED) is 0.129. The van der Waals surface area contributed by atoms with E-state index in [4.69, 9.17) is 9.84 Å². The highest BCUT2D eigenvalue weighted by Crippen LogP contribution is 2.32. The summed E-state index contributed by atoms with van der Waals surface area (Å²) >= 11 is 0. The van der Waals surface area contributed by atoms with Crippen LogP contribution in [0, 0.1) is 0 Å². The Morgan fingerprint density at radius 2 is 1.56 bits per heavy atom. The fourth-order valence-electron chi connectivity index (χ4n) is 3.53. The van der Waals surface area contributed by atoms with Crippen molar-refractivity contribution >= 4 is 17.6 Å². The third kappa shape index (κ3) is 10.3. The first-order valence-corrected chi connectivity index (χ1v) is 11.8. The maximum absolute atomic E-state index is 13.1. The minimum absolute atomic E-state index is 0.280. The molecule has 2 aromatic rings. The Balaban J connectivity index is 1.99. The van der Waals surface area contributed by atoms with Crippen LogP contribution in [0.25, 0.3) is 11.6 Å². The van der Waals surface area contributed by atoms with Gasteiger partial charge in [-0.1, -0.05) is 76.1 Å². The SMILES string of the molecule is CCCCCCCCCCOc1ccc(/C=C(/C=C/C(=O)O)c2cccc(C(F)(F)F)c2)cc1. The first-order chi connectivity index (χ1) is 16.3. The Morgan fingerprint density at radius 3 is 2.18 bits per heavy atom. The molecule has 0 aliphatic carbocycles. The highest BCUT2D eigenvalue weighted by molar-refractivity contribution is 5.92. The zero-order valence-electron chi connectivity index (χ0n) is 19.6. The van der Waals surface area contributed by atoms with Crippen LogP contribution < -0.4 is 4.74 Å². The maximum atomic E-state index is 13.1. The van der Waals surface area contributed by atoms with Gasteiger partial charge in [0.2, 0.25) is 0 Å². The molecule has 2 aromatic carbocycles. The molecular weight excluding hydrogens is 441 g/mol. The number of alkyl halides is 3. The number of hydrogen-bond acceptors (Lipinski definition) is 2. The third-order valence-corrected chi connectivity index (χ3v) is 5.40. The zero-order valence-corrected chi connectivity index (χ0v) is 19.6. The van der Waals surface area contributed by atoms with E-state index in [9.17, 15) is 18.0 Å². The number of rotatable bonds is 14. The van der Waals surface area contributed by atoms with Crippen molar-refractivity contribution in [1.29, 1.82) is 0 Å². The lowest BCUT2D eigenvalue weighted by atomic mass is 10.00. The average Bonchev–Trinajstić information content (AvgIpc) is 2.81. The summed E-state index contributed by atoms with van der Waals surface area (Å²) in [6.07, 6.45) is 9.19. The molecule has 0 atom stereocenters. The number of allylic oxidation sites excluding steroid dienone is 2. The molecule has 34 heavy (non-hydrogen) atoms. The third-order valence-electron chi connectivity index (χ3n) is 5.40. The Hall–Kier alpha value is -3.02. The van der Waals surface area contributed by atoms with E-state index in [0.717, 1.165) is 42.4 Å². The Morgan fingerprint density at radius 1 is 0.912 bits per heavy atom. The monoisotopic (exact) mass is 474 g/mol. The second-order valence-electron chi connectivity index (χ2n) is 8.24. The van der Waals surface area contributed by atoms with Gasteiger partial charge in [-0.15, -0.1) is 0 Å². The predicted octanol–water partition coefficient (Wildman–Crippen LogP) is 8.41. The summed E-state index contributed by atoms with van der Waals surface area (Å²) in [5.41, 5.74) is 0.578. The average molecular weight is 475 g/mol. The number of benzene rings is 2. The molecular formula is C28H33F3O3. The van der Waals surface area contributed by atoms with Crippen LogP contribution in [0.5, 0.6) is 5.75 Å². The lowest BCUT2D eigenvalue weighted by Crippen LogP contribution is -2.05. The summed E-state index contributed by atoms with van der Waals surface area (Å²) in [4.78, 5) is 11.0. The molecule has 2 rings (SSSR count). The van der Waals surface area contributed by atoms with Crippen molar-refractivity contribution in [3.63, 3.8) is 0 Å². The molecule has 0 radical (unpaired) electrons. The second-order valence-corrected chi connectivity index (χ2v) is 8.24. The number of unbranched alkanes of at least 4 members (excludes halogenated alkanes) is 7. The largest absolute Gasteiger partial charge is 0.494 e. The van der Waals surface area contributed by atoms with Crippen molar-refractivity contribution in [1.82, 2.24) is 0 Å². The van der Waals surface area contributed by atoms with E-state index < -0.39 is 17.7 Å². The van der Waals surface area contributed by atoms with Crippen molar-refractivity contribution in [3.8, 4) is 5.75 Å². The highest BCUT2D eigenvalue weighted by Gasteiger charge is 2.30. The molecule has 3 nitrogen and oxygen atoms in total. The zero-order chi connectivity index (χ0) is 24.8. The first-order valence-electron chi connectivity index (χ1n) is 11.8. The second kappa shape index (κ2) is 14.3. The molecule has 6 heteroatoms. The Bertz CT molecular complexity index is 944. The lowest BCUT2D eigenvalue weighted by molar-refractivity contribution is -0.137. The molecule has 0 saturated carbocycles. The van der Waals surface area contributed by atoms with Crippen LogP contribution in [0.3, 0.4) is 0 Å². The number of halogens is 3. The van der Waals surface area contributed by atoms with Crippen molar-refractivity contribution < 1.29 is 27.8 Å². The summed E-state index contributed by atoms with van der Waals surface area (Å²) in [6, 6.07) is 12.0. The summed E-state index contributed by atoms with van der Waals surface area (Å²) in [7, 11) is 0. The molecule has 0 spiro atoms. The molecule has 0 saturated heterocycles. The van der Waals surface area contributed by atoms with E-state index in [2.05, 4.69) is 6.92 Å². The van der Waals surface area contributed by atoms with E-state index in [1.54, 1.807) is 30.3 Å². The van der Waals surface area contributed by atoms with Gasteiger partial charge in [-0.3, -0.25) is 0 Å². The van der Waals surface area contributed by atoms with Gasteiger partial charge < -0.3 is 9.84 Å². The van der Waals surface area contributed by atoms with Gasteiger partial charge in [0.15, 0.2) is 0 Å². The maximum Gasteiger partial charge on any atom is 0.416 e. The van der Waals surface area contributed by atoms with Gasteiger partial charge in [0.05, 0.1) is 12.2 Å². The van der Waals surface area contributed by atoms with E-state index in [1.807, 2.05) is 0 Å². The summed E-state index contributed by atoms with van der Waals surface area (Å²) in [5, 5.41) is 8.97. The standard InChI is InChI=1S/C28H33F3O3/c1-2-3-4-5-6-7-8-9-19-34-26-16-13-22(14-17-26)20-24(15-18-27(32)33)23-11-10-12-25(21-23)28(29,30)31/h10-18,20-21H,2-9,19H2,1H3,(H,32,33)/b18-15+,24-20-. The van der Waals surface area contributed by atoms with Gasteiger partial charge in [-0.25, -0.2) is 4.79 Å². The molecule has 1 N–H and O–H groups in total. The summed E-state index contributed by atoms with van der Waals surface area (Å²) in [5.74, 6) is -0.454. The Labute approximate surface area is 200 Å². The van der Waals surface area contributed by atoms with Crippen LogP contribution >= 0.6 is 0 Å². The van der Waals surface area contributed by atoms with E-state index in [-0.39, 0.29) is 5.56 Å². The Kier molecular flexibility index (Phi) is 11.4. The van der Waals surface area contributed by atoms with Crippen LogP contribution in [-0.4, -0.2) is 17.7 Å². The van der Waals surface area contributed by atoms with Crippen LogP contribution in [0.15, 0.2) is 60.7 Å². The van der Waals surface area contributed by atoms with Gasteiger partial charge in [0.25, 0.3) is 0 Å². The molecule has 0 aliphatic rings. The topological polar surface area (TPSA) is 46.5 Å². The number of ether oxygens (including phenoxy) is 1. The molecule has 0 heterocycles. The van der Waals surface area contributed by atoms with Gasteiger partial charge in [-0.2, -0.15) is 13.2 Å². The van der Waals surface area contributed by atoms with Crippen molar-refractivity contribution in [3.05, 3.63) is 77.4 Å². The van der Waals surface area contributed by atoms with Crippen LogP contribution in [0.2, 0.25) is 0 Å². The molecule has 0 unspecified atom stereocenters. The van der Waals surface area contributed by atoms with Gasteiger partial charge in [0.1, 0.15) is 5.75 Å². The molecule has 0 amide bonds. The fraction of sp³-hybridized carbons (Fsp3) is 0.393. The van der Waals surface area contributed by atoms with E-state index in [0.29, 0.717) is 12.2 Å². The molecule has 0 fully saturated rings. The number of aliphatic carboxylic acids is 1. The van der Waals surface area contributed by atoms with Crippen molar-refractivity contribution in [2.45, 2.75) is 64.5 Å². The van der Waals surface area contributed by atoms with Crippen molar-refractivity contribution in [2.24, 2.45) is 0 Å². The summed E-state index contributed by atoms with van der Waals surface area (Å²) < 4.78 is 45.1. The normalized spacial score (nSPS) is 12.3. The van der Waals surface area contributed by atoms with Gasteiger partial charge in [0, 0.05) is 6.08 Å². The van der Waals surface area contributed by atoms with E-state index in [1.165, 1.54) is 56.7 Å². The van der Waals surface area contributed by atoms with E-state index >= 15 is 0 Å². The van der Waals surface area contributed by atoms with Gasteiger partial charge in [-0.05, 0) is 59.5 Å². The molecule has 184 valence electrons. The molecule has 0 aliphatic heterocycles. The predicted molar refractivity (Wildman–Crippen MR) is 131 cm³/mol.